The maximum absolute atomic E-state index is 11.9. The highest BCUT2D eigenvalue weighted by Gasteiger charge is 2.07. The average molecular weight is 357 g/mol. The molecular formula is C17H15N3O2S2. The third-order valence-electron chi connectivity index (χ3n) is 3.27. The van der Waals surface area contributed by atoms with Gasteiger partial charge in [-0.3, -0.25) is 9.59 Å². The first kappa shape index (κ1) is 16.4. The summed E-state index contributed by atoms with van der Waals surface area (Å²) in [6.45, 7) is 0.303. The van der Waals surface area contributed by atoms with Crippen LogP contribution < -0.4 is 10.6 Å². The third kappa shape index (κ3) is 4.27. The zero-order valence-corrected chi connectivity index (χ0v) is 14.3. The minimum atomic E-state index is -0.156. The van der Waals surface area contributed by atoms with Gasteiger partial charge in [0.05, 0.1) is 0 Å². The van der Waals surface area contributed by atoms with Crippen LogP contribution >= 0.6 is 22.7 Å². The smallest absolute Gasteiger partial charge is 0.252 e. The van der Waals surface area contributed by atoms with Crippen molar-refractivity contribution >= 4 is 40.2 Å². The quantitative estimate of drug-likeness (QED) is 0.708. The summed E-state index contributed by atoms with van der Waals surface area (Å²) < 4.78 is 0. The lowest BCUT2D eigenvalue weighted by Crippen LogP contribution is -2.27. The van der Waals surface area contributed by atoms with Crippen molar-refractivity contribution in [1.82, 2.24) is 10.3 Å². The number of anilines is 1. The maximum Gasteiger partial charge on any atom is 0.252 e. The molecule has 0 aliphatic heterocycles. The van der Waals surface area contributed by atoms with Crippen LogP contribution in [0.2, 0.25) is 0 Å². The molecule has 2 amide bonds. The molecule has 0 atom stereocenters. The Bertz CT molecular complexity index is 797. The summed E-state index contributed by atoms with van der Waals surface area (Å²) >= 11 is 3.04. The van der Waals surface area contributed by atoms with Crippen LogP contribution in [0.4, 0.5) is 5.69 Å². The second-order valence-corrected chi connectivity index (χ2v) is 6.66. The largest absolute Gasteiger partial charge is 0.351 e. The van der Waals surface area contributed by atoms with Gasteiger partial charge in [0.2, 0.25) is 5.91 Å². The monoisotopic (exact) mass is 357 g/mol. The second-order valence-electron chi connectivity index (χ2n) is 4.98. The van der Waals surface area contributed by atoms with Crippen LogP contribution in [-0.2, 0) is 4.79 Å². The third-order valence-corrected chi connectivity index (χ3v) is 4.77. The number of thiophene rings is 1. The predicted octanol–water partition coefficient (Wildman–Crippen LogP) is 3.63. The zero-order valence-electron chi connectivity index (χ0n) is 12.7. The lowest BCUT2D eigenvalue weighted by molar-refractivity contribution is -0.116. The molecule has 3 rings (SSSR count). The number of thiazole rings is 1. The van der Waals surface area contributed by atoms with Crippen LogP contribution in [0.15, 0.2) is 52.7 Å². The highest BCUT2D eigenvalue weighted by Crippen LogP contribution is 2.23. The number of carbonyl (C=O) groups is 2. The van der Waals surface area contributed by atoms with Crippen LogP contribution in [0.1, 0.15) is 16.8 Å². The van der Waals surface area contributed by atoms with Crippen molar-refractivity contribution in [2.45, 2.75) is 6.42 Å². The summed E-state index contributed by atoms with van der Waals surface area (Å²) in [5.41, 5.74) is 2.37. The van der Waals surface area contributed by atoms with Crippen molar-refractivity contribution in [1.29, 1.82) is 0 Å². The first-order chi connectivity index (χ1) is 11.7. The second kappa shape index (κ2) is 7.85. The van der Waals surface area contributed by atoms with Crippen LogP contribution in [0.3, 0.4) is 0 Å². The molecule has 5 nitrogen and oxygen atoms in total. The summed E-state index contributed by atoms with van der Waals surface area (Å²) in [6, 6.07) is 9.29. The topological polar surface area (TPSA) is 71.1 Å². The van der Waals surface area contributed by atoms with Gasteiger partial charge in [0.15, 0.2) is 0 Å². The average Bonchev–Trinajstić information content (AvgIpc) is 3.29. The maximum atomic E-state index is 11.9. The molecule has 0 fully saturated rings. The summed E-state index contributed by atoms with van der Waals surface area (Å²) in [7, 11) is 0. The summed E-state index contributed by atoms with van der Waals surface area (Å²) in [6.07, 6.45) is 1.99. The SMILES string of the molecule is O=C(CCNC(=O)c1ccsc1)Nc1ccc(-c2nccs2)cc1. The highest BCUT2D eigenvalue weighted by molar-refractivity contribution is 7.13. The van der Waals surface area contributed by atoms with E-state index in [9.17, 15) is 9.59 Å². The van der Waals surface area contributed by atoms with Gasteiger partial charge in [-0.15, -0.1) is 11.3 Å². The van der Waals surface area contributed by atoms with Gasteiger partial charge in [0.25, 0.3) is 5.91 Å². The minimum absolute atomic E-state index is 0.136. The molecule has 0 unspecified atom stereocenters. The van der Waals surface area contributed by atoms with E-state index < -0.39 is 0 Å². The van der Waals surface area contributed by atoms with Gasteiger partial charge in [-0.25, -0.2) is 4.98 Å². The first-order valence-corrected chi connectivity index (χ1v) is 9.15. The van der Waals surface area contributed by atoms with E-state index >= 15 is 0 Å². The number of benzene rings is 1. The number of hydrogen-bond acceptors (Lipinski definition) is 5. The fourth-order valence-corrected chi connectivity index (χ4v) is 3.35. The molecule has 0 bridgehead atoms. The molecule has 0 saturated carbocycles. The molecule has 2 heterocycles. The highest BCUT2D eigenvalue weighted by atomic mass is 32.1. The zero-order chi connectivity index (χ0) is 16.8. The van der Waals surface area contributed by atoms with E-state index in [4.69, 9.17) is 0 Å². The van der Waals surface area contributed by atoms with Crippen LogP contribution in [-0.4, -0.2) is 23.3 Å². The molecule has 0 spiro atoms. The predicted molar refractivity (Wildman–Crippen MR) is 97.4 cm³/mol. The molecule has 0 aliphatic carbocycles. The Morgan fingerprint density at radius 3 is 2.58 bits per heavy atom. The fraction of sp³-hybridized carbons (Fsp3) is 0.118. The van der Waals surface area contributed by atoms with Gasteiger partial charge in [0.1, 0.15) is 5.01 Å². The molecule has 24 heavy (non-hydrogen) atoms. The van der Waals surface area contributed by atoms with E-state index in [-0.39, 0.29) is 18.2 Å². The molecule has 0 radical (unpaired) electrons. The Balaban J connectivity index is 1.46. The Hall–Kier alpha value is -2.51. The molecule has 1 aromatic carbocycles. The van der Waals surface area contributed by atoms with Gasteiger partial charge in [-0.1, -0.05) is 0 Å². The van der Waals surface area contributed by atoms with Crippen LogP contribution in [0.25, 0.3) is 10.6 Å². The molecule has 2 aromatic heterocycles. The fourth-order valence-electron chi connectivity index (χ4n) is 2.07. The molecule has 7 heteroatoms. The molecule has 122 valence electrons. The van der Waals surface area contributed by atoms with E-state index in [1.54, 1.807) is 29.0 Å². The molecule has 0 aliphatic rings. The molecular weight excluding hydrogens is 342 g/mol. The number of rotatable bonds is 6. The lowest BCUT2D eigenvalue weighted by Gasteiger charge is -2.07. The molecule has 2 N–H and O–H groups in total. The van der Waals surface area contributed by atoms with Crippen molar-refractivity contribution in [2.75, 3.05) is 11.9 Å². The first-order valence-electron chi connectivity index (χ1n) is 7.32. The number of carbonyl (C=O) groups excluding carboxylic acids is 2. The van der Waals surface area contributed by atoms with E-state index in [0.717, 1.165) is 16.3 Å². The van der Waals surface area contributed by atoms with E-state index in [0.29, 0.717) is 12.1 Å². The van der Waals surface area contributed by atoms with E-state index in [1.807, 2.05) is 35.0 Å². The Kier molecular flexibility index (Phi) is 5.35. The van der Waals surface area contributed by atoms with Crippen LogP contribution in [0.5, 0.6) is 0 Å². The van der Waals surface area contributed by atoms with Crippen molar-refractivity contribution in [2.24, 2.45) is 0 Å². The van der Waals surface area contributed by atoms with Gasteiger partial charge in [0, 0.05) is 46.7 Å². The number of aromatic nitrogens is 1. The summed E-state index contributed by atoms with van der Waals surface area (Å²) in [4.78, 5) is 27.9. The lowest BCUT2D eigenvalue weighted by atomic mass is 10.2. The number of nitrogens with zero attached hydrogens (tertiary/aromatic N) is 1. The van der Waals surface area contributed by atoms with Crippen molar-refractivity contribution in [3.05, 3.63) is 58.2 Å². The van der Waals surface area contributed by atoms with Crippen molar-refractivity contribution in [3.63, 3.8) is 0 Å². The van der Waals surface area contributed by atoms with Crippen LogP contribution in [0, 0.1) is 0 Å². The normalized spacial score (nSPS) is 10.3. The molecule has 0 saturated heterocycles. The number of hydrogen-bond donors (Lipinski definition) is 2. The van der Waals surface area contributed by atoms with Gasteiger partial charge >= 0.3 is 0 Å². The van der Waals surface area contributed by atoms with Gasteiger partial charge < -0.3 is 10.6 Å². The van der Waals surface area contributed by atoms with Crippen molar-refractivity contribution in [3.8, 4) is 10.6 Å². The van der Waals surface area contributed by atoms with Gasteiger partial charge in [-0.05, 0) is 35.7 Å². The standard InChI is InChI=1S/C17H15N3O2S2/c21-15(5-7-18-16(22)13-6-9-23-11-13)20-14-3-1-12(2-4-14)17-19-8-10-24-17/h1-4,6,8-11H,5,7H2,(H,18,22)(H,20,21). The number of nitrogens with one attached hydrogen (secondary N) is 2. The number of amides is 2. The van der Waals surface area contributed by atoms with Gasteiger partial charge in [-0.2, -0.15) is 11.3 Å². The summed E-state index contributed by atoms with van der Waals surface area (Å²) in [5, 5.41) is 12.0. The van der Waals surface area contributed by atoms with E-state index in [1.165, 1.54) is 11.3 Å². The van der Waals surface area contributed by atoms with Crippen molar-refractivity contribution < 1.29 is 9.59 Å². The molecule has 3 aromatic rings. The van der Waals surface area contributed by atoms with E-state index in [2.05, 4.69) is 15.6 Å². The minimum Gasteiger partial charge on any atom is -0.351 e. The Morgan fingerprint density at radius 1 is 1.08 bits per heavy atom. The Labute approximate surface area is 147 Å². The summed E-state index contributed by atoms with van der Waals surface area (Å²) in [5.74, 6) is -0.292. The Morgan fingerprint density at radius 2 is 1.92 bits per heavy atom.